The normalized spacial score (nSPS) is 15.9. The molecule has 140 valence electrons. The van der Waals surface area contributed by atoms with E-state index in [0.717, 1.165) is 57.0 Å². The number of amides is 1. The summed E-state index contributed by atoms with van der Waals surface area (Å²) in [5.41, 5.74) is 3.76. The van der Waals surface area contributed by atoms with Gasteiger partial charge < -0.3 is 9.42 Å². The maximum atomic E-state index is 12.9. The Bertz CT molecular complexity index is 739. The van der Waals surface area contributed by atoms with Crippen molar-refractivity contribution in [1.29, 1.82) is 0 Å². The highest BCUT2D eigenvalue weighted by Gasteiger charge is 2.26. The van der Waals surface area contributed by atoms with E-state index in [2.05, 4.69) is 34.1 Å². The second kappa shape index (κ2) is 8.45. The Hall–Kier alpha value is -2.21. The van der Waals surface area contributed by atoms with Gasteiger partial charge in [0.15, 0.2) is 0 Å². The third-order valence-electron chi connectivity index (χ3n) is 5.04. The smallest absolute Gasteiger partial charge is 0.259 e. The number of carbonyl (C=O) groups excluding carboxylic acids is 1. The Labute approximate surface area is 155 Å². The van der Waals surface area contributed by atoms with Crippen molar-refractivity contribution < 1.29 is 9.32 Å². The lowest BCUT2D eigenvalue weighted by Gasteiger charge is -2.22. The van der Waals surface area contributed by atoms with Gasteiger partial charge in [-0.05, 0) is 37.8 Å². The second-order valence-electron chi connectivity index (χ2n) is 6.85. The number of nitrogens with zero attached hydrogens (tertiary/aromatic N) is 4. The molecule has 0 radical (unpaired) electrons. The minimum Gasteiger partial charge on any atom is -0.361 e. The zero-order valence-corrected chi connectivity index (χ0v) is 16.0. The van der Waals surface area contributed by atoms with Crippen molar-refractivity contribution in [2.24, 2.45) is 0 Å². The number of aryl methyl sites for hydroxylation is 3. The summed E-state index contributed by atoms with van der Waals surface area (Å²) in [5, 5.41) is 4.02. The van der Waals surface area contributed by atoms with E-state index in [1.54, 1.807) is 0 Å². The Balaban J connectivity index is 1.62. The molecule has 1 aliphatic heterocycles. The van der Waals surface area contributed by atoms with Crippen LogP contribution >= 0.6 is 0 Å². The Morgan fingerprint density at radius 1 is 1.15 bits per heavy atom. The minimum atomic E-state index is 0.0490. The van der Waals surface area contributed by atoms with Gasteiger partial charge in [-0.1, -0.05) is 25.1 Å². The summed E-state index contributed by atoms with van der Waals surface area (Å²) < 4.78 is 5.23. The largest absolute Gasteiger partial charge is 0.361 e. The van der Waals surface area contributed by atoms with Crippen LogP contribution in [0.5, 0.6) is 0 Å². The molecule has 6 heteroatoms. The van der Waals surface area contributed by atoms with Gasteiger partial charge in [0, 0.05) is 38.9 Å². The van der Waals surface area contributed by atoms with Crippen LogP contribution in [0.15, 0.2) is 22.9 Å². The molecule has 0 atom stereocenters. The molecule has 0 unspecified atom stereocenters. The van der Waals surface area contributed by atoms with E-state index in [1.165, 1.54) is 5.56 Å². The van der Waals surface area contributed by atoms with Crippen molar-refractivity contribution in [3.05, 3.63) is 46.6 Å². The van der Waals surface area contributed by atoms with Crippen LogP contribution < -0.4 is 0 Å². The number of hydrogen-bond acceptors (Lipinski definition) is 5. The molecule has 2 aromatic heterocycles. The van der Waals surface area contributed by atoms with Crippen LogP contribution in [-0.4, -0.2) is 52.0 Å². The van der Waals surface area contributed by atoms with Crippen LogP contribution in [0.25, 0.3) is 0 Å². The van der Waals surface area contributed by atoms with Crippen LogP contribution in [-0.2, 0) is 19.4 Å². The van der Waals surface area contributed by atoms with E-state index in [9.17, 15) is 4.79 Å². The van der Waals surface area contributed by atoms with Crippen molar-refractivity contribution in [2.45, 2.75) is 46.6 Å². The van der Waals surface area contributed by atoms with Gasteiger partial charge in [0.2, 0.25) is 0 Å². The molecule has 0 N–H and O–H groups in total. The second-order valence-corrected chi connectivity index (χ2v) is 6.85. The van der Waals surface area contributed by atoms with Crippen LogP contribution in [0.4, 0.5) is 0 Å². The van der Waals surface area contributed by atoms with Crippen molar-refractivity contribution >= 4 is 5.91 Å². The number of carbonyl (C=O) groups is 1. The van der Waals surface area contributed by atoms with Crippen molar-refractivity contribution in [2.75, 3.05) is 26.2 Å². The molecule has 1 saturated heterocycles. The van der Waals surface area contributed by atoms with Gasteiger partial charge in [-0.15, -0.1) is 0 Å². The Kier molecular flexibility index (Phi) is 6.04. The molecule has 1 aliphatic rings. The lowest BCUT2D eigenvalue weighted by atomic mass is 10.1. The zero-order chi connectivity index (χ0) is 18.5. The molecule has 2 aromatic rings. The predicted molar refractivity (Wildman–Crippen MR) is 100 cm³/mol. The van der Waals surface area contributed by atoms with Gasteiger partial charge in [0.25, 0.3) is 5.91 Å². The molecule has 0 spiro atoms. The average molecular weight is 356 g/mol. The van der Waals surface area contributed by atoms with E-state index in [4.69, 9.17) is 4.52 Å². The lowest BCUT2D eigenvalue weighted by Crippen LogP contribution is -2.35. The van der Waals surface area contributed by atoms with Gasteiger partial charge >= 0.3 is 0 Å². The monoisotopic (exact) mass is 356 g/mol. The molecule has 0 aromatic carbocycles. The molecule has 6 nitrogen and oxygen atoms in total. The quantitative estimate of drug-likeness (QED) is 0.824. The first-order valence-corrected chi connectivity index (χ1v) is 9.53. The first-order valence-electron chi connectivity index (χ1n) is 9.53. The van der Waals surface area contributed by atoms with Crippen LogP contribution in [0.3, 0.4) is 0 Å². The fourth-order valence-electron chi connectivity index (χ4n) is 3.41. The fraction of sp³-hybridized carbons (Fsp3) is 0.550. The molecule has 0 saturated carbocycles. The minimum absolute atomic E-state index is 0.0490. The Morgan fingerprint density at radius 3 is 2.69 bits per heavy atom. The van der Waals surface area contributed by atoms with Crippen LogP contribution in [0.1, 0.15) is 53.3 Å². The van der Waals surface area contributed by atoms with E-state index < -0.39 is 0 Å². The van der Waals surface area contributed by atoms with Crippen LogP contribution in [0.2, 0.25) is 0 Å². The molecular formula is C20H28N4O2. The van der Waals surface area contributed by atoms with Gasteiger partial charge in [-0.25, -0.2) is 0 Å². The Morgan fingerprint density at radius 2 is 2.00 bits per heavy atom. The topological polar surface area (TPSA) is 62.5 Å². The number of rotatable bonds is 5. The van der Waals surface area contributed by atoms with E-state index >= 15 is 0 Å². The van der Waals surface area contributed by atoms with E-state index in [-0.39, 0.29) is 5.91 Å². The molecule has 3 heterocycles. The van der Waals surface area contributed by atoms with Crippen molar-refractivity contribution in [1.82, 2.24) is 19.9 Å². The van der Waals surface area contributed by atoms with Crippen LogP contribution in [0, 0.1) is 6.92 Å². The SMILES string of the molecule is CCc1ccc(CN2CCCN(C(=O)c3c(CC)noc3C)CC2)nc1. The predicted octanol–water partition coefficient (Wildman–Crippen LogP) is 2.85. The van der Waals surface area contributed by atoms with Gasteiger partial charge in [0.1, 0.15) is 11.3 Å². The lowest BCUT2D eigenvalue weighted by molar-refractivity contribution is 0.0758. The summed E-state index contributed by atoms with van der Waals surface area (Å²) >= 11 is 0. The molecule has 26 heavy (non-hydrogen) atoms. The number of pyridine rings is 1. The maximum Gasteiger partial charge on any atom is 0.259 e. The molecule has 0 bridgehead atoms. The van der Waals surface area contributed by atoms with Gasteiger partial charge in [0.05, 0.1) is 11.4 Å². The molecule has 1 amide bonds. The van der Waals surface area contributed by atoms with Gasteiger partial charge in [-0.2, -0.15) is 0 Å². The first-order chi connectivity index (χ1) is 12.6. The standard InChI is InChI=1S/C20H28N4O2/c1-4-16-7-8-17(21-13-16)14-23-9-6-10-24(12-11-23)20(25)19-15(3)26-22-18(19)5-2/h7-8,13H,4-6,9-12,14H2,1-3H3. The third kappa shape index (κ3) is 4.12. The average Bonchev–Trinajstić information content (AvgIpc) is 2.88. The first kappa shape index (κ1) is 18.6. The van der Waals surface area contributed by atoms with Gasteiger partial charge in [-0.3, -0.25) is 14.7 Å². The molecular weight excluding hydrogens is 328 g/mol. The summed E-state index contributed by atoms with van der Waals surface area (Å²) in [5.74, 6) is 0.668. The van der Waals surface area contributed by atoms with Crippen molar-refractivity contribution in [3.8, 4) is 0 Å². The highest BCUT2D eigenvalue weighted by Crippen LogP contribution is 2.18. The maximum absolute atomic E-state index is 12.9. The van der Waals surface area contributed by atoms with E-state index in [0.29, 0.717) is 17.7 Å². The molecule has 1 fully saturated rings. The molecule has 3 rings (SSSR count). The summed E-state index contributed by atoms with van der Waals surface area (Å²) in [7, 11) is 0. The number of hydrogen-bond donors (Lipinski definition) is 0. The van der Waals surface area contributed by atoms with Crippen molar-refractivity contribution in [3.63, 3.8) is 0 Å². The zero-order valence-electron chi connectivity index (χ0n) is 16.0. The summed E-state index contributed by atoms with van der Waals surface area (Å²) in [6, 6.07) is 4.26. The van der Waals surface area contributed by atoms with E-state index in [1.807, 2.05) is 24.9 Å². The highest BCUT2D eigenvalue weighted by atomic mass is 16.5. The molecule has 0 aliphatic carbocycles. The summed E-state index contributed by atoms with van der Waals surface area (Å²) in [4.78, 5) is 21.8. The number of aromatic nitrogens is 2. The third-order valence-corrected chi connectivity index (χ3v) is 5.04. The highest BCUT2D eigenvalue weighted by molar-refractivity contribution is 5.96. The fourth-order valence-corrected chi connectivity index (χ4v) is 3.41. The summed E-state index contributed by atoms with van der Waals surface area (Å²) in [6.07, 6.45) is 4.64. The summed E-state index contributed by atoms with van der Waals surface area (Å²) in [6.45, 7) is 10.1.